The van der Waals surface area contributed by atoms with Crippen LogP contribution in [0.5, 0.6) is 5.75 Å². The summed E-state index contributed by atoms with van der Waals surface area (Å²) in [4.78, 5) is 29.9. The fraction of sp³-hybridized carbons (Fsp3) is 0.560. The van der Waals surface area contributed by atoms with E-state index in [4.69, 9.17) is 4.74 Å². The molecule has 2 N–H and O–H groups in total. The van der Waals surface area contributed by atoms with Gasteiger partial charge < -0.3 is 24.6 Å². The van der Waals surface area contributed by atoms with Crippen molar-refractivity contribution in [3.05, 3.63) is 41.2 Å². The van der Waals surface area contributed by atoms with Gasteiger partial charge in [-0.3, -0.25) is 9.59 Å². The van der Waals surface area contributed by atoms with E-state index in [0.717, 1.165) is 36.1 Å². The molecule has 1 aromatic carbocycles. The molecule has 1 unspecified atom stereocenters. The van der Waals surface area contributed by atoms with Gasteiger partial charge in [-0.15, -0.1) is 12.4 Å². The molecule has 4 rings (SSSR count). The molecule has 0 fully saturated rings. The van der Waals surface area contributed by atoms with E-state index in [0.29, 0.717) is 29.9 Å². The molecule has 1 amide bonds. The molecule has 0 bridgehead atoms. The van der Waals surface area contributed by atoms with Crippen LogP contribution in [-0.2, 0) is 29.0 Å². The first-order chi connectivity index (χ1) is 17.0. The number of carbonyl (C=O) groups excluding carboxylic acids is 1. The number of nitrogens with zero attached hydrogens (tertiary/aromatic N) is 3. The number of halogens is 4. The molecule has 2 atom stereocenters. The van der Waals surface area contributed by atoms with Gasteiger partial charge in [0.25, 0.3) is 0 Å². The lowest BCUT2D eigenvalue weighted by atomic mass is 9.89. The molecular formula is C25H32ClF3N4O4. The number of rotatable bonds is 8. The van der Waals surface area contributed by atoms with Gasteiger partial charge in [0.1, 0.15) is 12.3 Å². The van der Waals surface area contributed by atoms with E-state index in [-0.39, 0.29) is 24.7 Å². The number of aryl methyl sites for hydroxylation is 1. The highest BCUT2D eigenvalue weighted by atomic mass is 35.5. The maximum Gasteiger partial charge on any atom is 0.406 e. The largest absolute Gasteiger partial charge is 0.493 e. The first kappa shape index (κ1) is 28.6. The normalized spacial score (nSPS) is 19.4. The highest BCUT2D eigenvalue weighted by Crippen LogP contribution is 2.40. The topological polar surface area (TPSA) is 96.7 Å². The third-order valence-electron chi connectivity index (χ3n) is 6.58. The lowest BCUT2D eigenvalue weighted by Gasteiger charge is -2.35. The summed E-state index contributed by atoms with van der Waals surface area (Å²) in [6, 6.07) is 4.29. The zero-order chi connectivity index (χ0) is 26.0. The van der Waals surface area contributed by atoms with E-state index in [9.17, 15) is 27.9 Å². The standard InChI is InChI=1S/C25H31F3N4O4.ClH/c1-15(2)22-20-12-19(36-9-6-18-13-31-8-3-7-29-24(31)30-18)5-4-16(20)10-17(11-21(33)34)23(35)32(22)14-25(26,27)28;/h4-5,12-13,15,17,22H,3,6-11,14H2,1-2H3,(H,29,30)(H,33,34);1H/t17-,22?;/m0./s1. The summed E-state index contributed by atoms with van der Waals surface area (Å²) in [5.41, 5.74) is 2.11. The summed E-state index contributed by atoms with van der Waals surface area (Å²) >= 11 is 0. The number of hydrogen-bond acceptors (Lipinski definition) is 5. The number of imidazole rings is 1. The van der Waals surface area contributed by atoms with Crippen LogP contribution in [0.4, 0.5) is 19.1 Å². The number of carbonyl (C=O) groups is 2. The van der Waals surface area contributed by atoms with Crippen molar-refractivity contribution >= 4 is 30.2 Å². The van der Waals surface area contributed by atoms with E-state index < -0.39 is 43.0 Å². The summed E-state index contributed by atoms with van der Waals surface area (Å²) in [6.07, 6.45) is -1.50. The molecule has 0 saturated carbocycles. The zero-order valence-corrected chi connectivity index (χ0v) is 21.6. The molecule has 2 aliphatic rings. The van der Waals surface area contributed by atoms with Crippen LogP contribution in [0.15, 0.2) is 24.4 Å². The third kappa shape index (κ3) is 6.88. The Balaban J connectivity index is 0.00000380. The summed E-state index contributed by atoms with van der Waals surface area (Å²) in [7, 11) is 0. The van der Waals surface area contributed by atoms with Crippen LogP contribution in [0.3, 0.4) is 0 Å². The first-order valence-electron chi connectivity index (χ1n) is 12.2. The van der Waals surface area contributed by atoms with Crippen molar-refractivity contribution in [2.45, 2.75) is 58.3 Å². The summed E-state index contributed by atoms with van der Waals surface area (Å²) < 4.78 is 48.5. The lowest BCUT2D eigenvalue weighted by Crippen LogP contribution is -2.45. The Morgan fingerprint density at radius 2 is 2.08 bits per heavy atom. The smallest absolute Gasteiger partial charge is 0.406 e. The highest BCUT2D eigenvalue weighted by Gasteiger charge is 2.43. The van der Waals surface area contributed by atoms with Crippen LogP contribution in [0, 0.1) is 11.8 Å². The molecule has 37 heavy (non-hydrogen) atoms. The molecule has 2 aromatic rings. The number of ether oxygens (including phenoxy) is 1. The molecule has 2 aliphatic heterocycles. The number of fused-ring (bicyclic) bond motifs is 2. The maximum absolute atomic E-state index is 13.5. The van der Waals surface area contributed by atoms with Crippen LogP contribution in [0.1, 0.15) is 49.6 Å². The van der Waals surface area contributed by atoms with Crippen molar-refractivity contribution in [2.24, 2.45) is 11.8 Å². The first-order valence-corrected chi connectivity index (χ1v) is 12.2. The van der Waals surface area contributed by atoms with E-state index in [2.05, 4.69) is 14.9 Å². The van der Waals surface area contributed by atoms with Crippen LogP contribution >= 0.6 is 12.4 Å². The van der Waals surface area contributed by atoms with Crippen molar-refractivity contribution in [1.29, 1.82) is 0 Å². The molecule has 0 saturated heterocycles. The number of hydrogen-bond donors (Lipinski definition) is 2. The molecule has 0 aliphatic carbocycles. The van der Waals surface area contributed by atoms with E-state index in [1.54, 1.807) is 32.0 Å². The Kier molecular flexibility index (Phi) is 8.99. The van der Waals surface area contributed by atoms with Crippen LogP contribution in [0.2, 0.25) is 0 Å². The van der Waals surface area contributed by atoms with Crippen molar-refractivity contribution in [3.8, 4) is 5.75 Å². The number of nitrogens with one attached hydrogen (secondary N) is 1. The number of carboxylic acids is 1. The fourth-order valence-corrected chi connectivity index (χ4v) is 5.10. The third-order valence-corrected chi connectivity index (χ3v) is 6.58. The maximum atomic E-state index is 13.5. The van der Waals surface area contributed by atoms with E-state index in [1.807, 2.05) is 6.20 Å². The van der Waals surface area contributed by atoms with Gasteiger partial charge in [-0.25, -0.2) is 4.98 Å². The van der Waals surface area contributed by atoms with Gasteiger partial charge in [-0.2, -0.15) is 13.2 Å². The van der Waals surface area contributed by atoms with Crippen LogP contribution in [0.25, 0.3) is 0 Å². The minimum atomic E-state index is -4.62. The predicted molar refractivity (Wildman–Crippen MR) is 133 cm³/mol. The molecule has 204 valence electrons. The number of aliphatic carboxylic acids is 1. The molecule has 0 spiro atoms. The number of anilines is 1. The number of aromatic nitrogens is 2. The lowest BCUT2D eigenvalue weighted by molar-refractivity contribution is -0.170. The van der Waals surface area contributed by atoms with Gasteiger partial charge in [0, 0.05) is 25.7 Å². The van der Waals surface area contributed by atoms with E-state index in [1.165, 1.54) is 0 Å². The zero-order valence-electron chi connectivity index (χ0n) is 20.8. The predicted octanol–water partition coefficient (Wildman–Crippen LogP) is 4.48. The number of benzene rings is 1. The van der Waals surface area contributed by atoms with Crippen LogP contribution in [-0.4, -0.2) is 57.3 Å². The highest BCUT2D eigenvalue weighted by molar-refractivity contribution is 5.85. The van der Waals surface area contributed by atoms with Gasteiger partial charge in [0.05, 0.1) is 30.7 Å². The minimum Gasteiger partial charge on any atom is -0.493 e. The monoisotopic (exact) mass is 544 g/mol. The van der Waals surface area contributed by atoms with Gasteiger partial charge in [0.15, 0.2) is 0 Å². The molecule has 3 heterocycles. The second kappa shape index (κ2) is 11.6. The number of alkyl halides is 3. The van der Waals surface area contributed by atoms with Gasteiger partial charge >= 0.3 is 12.1 Å². The van der Waals surface area contributed by atoms with Gasteiger partial charge in [-0.1, -0.05) is 19.9 Å². The van der Waals surface area contributed by atoms with Crippen molar-refractivity contribution < 1.29 is 32.6 Å². The molecule has 12 heteroatoms. The Bertz CT molecular complexity index is 1100. The summed E-state index contributed by atoms with van der Waals surface area (Å²) in [6.45, 7) is 4.20. The average Bonchev–Trinajstić information content (AvgIpc) is 3.16. The molecular weight excluding hydrogens is 513 g/mol. The molecule has 8 nitrogen and oxygen atoms in total. The Hall–Kier alpha value is -2.95. The molecule has 0 radical (unpaired) electrons. The van der Waals surface area contributed by atoms with Gasteiger partial charge in [0.2, 0.25) is 11.9 Å². The average molecular weight is 545 g/mol. The van der Waals surface area contributed by atoms with Gasteiger partial charge in [-0.05, 0) is 42.0 Å². The van der Waals surface area contributed by atoms with E-state index >= 15 is 0 Å². The SMILES string of the molecule is CC(C)C1c2cc(OCCc3cn4c(n3)NCCC4)ccc2C[C@@H](CC(=O)O)C(=O)N1CC(F)(F)F.Cl. The van der Waals surface area contributed by atoms with Crippen molar-refractivity contribution in [1.82, 2.24) is 14.5 Å². The Labute approximate surface area is 219 Å². The van der Waals surface area contributed by atoms with Crippen molar-refractivity contribution in [2.75, 3.05) is 25.0 Å². The minimum absolute atomic E-state index is 0. The summed E-state index contributed by atoms with van der Waals surface area (Å²) in [5.74, 6) is -2.09. The quantitative estimate of drug-likeness (QED) is 0.509. The number of amides is 1. The van der Waals surface area contributed by atoms with Crippen LogP contribution < -0.4 is 10.1 Å². The number of carboxylic acid groups (broad SMARTS) is 1. The second-order valence-electron chi connectivity index (χ2n) is 9.76. The Morgan fingerprint density at radius 1 is 1.32 bits per heavy atom. The fourth-order valence-electron chi connectivity index (χ4n) is 5.10. The second-order valence-corrected chi connectivity index (χ2v) is 9.76. The summed E-state index contributed by atoms with van der Waals surface area (Å²) in [5, 5.41) is 12.5. The molecule has 1 aromatic heterocycles. The van der Waals surface area contributed by atoms with Crippen molar-refractivity contribution in [3.63, 3.8) is 0 Å². The Morgan fingerprint density at radius 3 is 2.73 bits per heavy atom.